The minimum Gasteiger partial charge on any atom is -0.341 e. The Morgan fingerprint density at radius 2 is 2.24 bits per heavy atom. The van der Waals surface area contributed by atoms with Crippen LogP contribution < -0.4 is 16.0 Å². The summed E-state index contributed by atoms with van der Waals surface area (Å²) in [4.78, 5) is 22.4. The maximum absolute atomic E-state index is 11.5. The van der Waals surface area contributed by atoms with Gasteiger partial charge in [0.05, 0.1) is 12.2 Å². The van der Waals surface area contributed by atoms with Crippen molar-refractivity contribution in [2.75, 3.05) is 7.05 Å². The van der Waals surface area contributed by atoms with Gasteiger partial charge in [0.1, 0.15) is 0 Å². The van der Waals surface area contributed by atoms with Gasteiger partial charge in [0.2, 0.25) is 5.91 Å². The summed E-state index contributed by atoms with van der Waals surface area (Å²) < 4.78 is 1.69. The number of urea groups is 1. The second-order valence-corrected chi connectivity index (χ2v) is 3.69. The molecule has 94 valence electrons. The number of hydrogen-bond acceptors (Lipinski definition) is 4. The SMILES string of the molecule is CNC(=O)NC(=O)C(C)NCc1cnn(C)c1. The molecular weight excluding hydrogens is 222 g/mol. The largest absolute Gasteiger partial charge is 0.341 e. The number of carbonyl (C=O) groups excluding carboxylic acids is 2. The molecule has 1 rings (SSSR count). The molecule has 0 spiro atoms. The average Bonchev–Trinajstić information content (AvgIpc) is 2.71. The van der Waals surface area contributed by atoms with Crippen molar-refractivity contribution in [2.45, 2.75) is 19.5 Å². The molecular formula is C10H17N5O2. The highest BCUT2D eigenvalue weighted by molar-refractivity contribution is 5.96. The third-order valence-electron chi connectivity index (χ3n) is 2.23. The number of hydrogen-bond donors (Lipinski definition) is 3. The Hall–Kier alpha value is -1.89. The fraction of sp³-hybridized carbons (Fsp3) is 0.500. The molecule has 1 heterocycles. The van der Waals surface area contributed by atoms with Crippen LogP contribution in [0.4, 0.5) is 4.79 Å². The van der Waals surface area contributed by atoms with Crippen LogP contribution in [-0.2, 0) is 18.4 Å². The molecule has 1 atom stereocenters. The van der Waals surface area contributed by atoms with E-state index in [1.165, 1.54) is 7.05 Å². The molecule has 3 N–H and O–H groups in total. The summed E-state index contributed by atoms with van der Waals surface area (Å²) in [6.07, 6.45) is 3.58. The highest BCUT2D eigenvalue weighted by Crippen LogP contribution is 1.96. The van der Waals surface area contributed by atoms with Gasteiger partial charge in [-0.3, -0.25) is 14.8 Å². The molecule has 1 unspecified atom stereocenters. The molecule has 1 aromatic heterocycles. The molecule has 0 bridgehead atoms. The second kappa shape index (κ2) is 6.00. The standard InChI is InChI=1S/C10H17N5O2/c1-7(9(16)14-10(17)11-2)12-4-8-5-13-15(3)6-8/h5-7,12H,4H2,1-3H3,(H2,11,14,16,17). The molecule has 0 aliphatic rings. The van der Waals surface area contributed by atoms with E-state index in [-0.39, 0.29) is 5.91 Å². The van der Waals surface area contributed by atoms with Crippen LogP contribution in [0.25, 0.3) is 0 Å². The molecule has 0 aliphatic carbocycles. The zero-order valence-electron chi connectivity index (χ0n) is 10.2. The number of aryl methyl sites for hydroxylation is 1. The first-order valence-corrected chi connectivity index (χ1v) is 5.26. The van der Waals surface area contributed by atoms with Gasteiger partial charge in [-0.15, -0.1) is 0 Å². The van der Waals surface area contributed by atoms with Gasteiger partial charge >= 0.3 is 6.03 Å². The van der Waals surface area contributed by atoms with Crippen molar-refractivity contribution in [2.24, 2.45) is 7.05 Å². The lowest BCUT2D eigenvalue weighted by Crippen LogP contribution is -2.47. The first-order chi connectivity index (χ1) is 8.02. The predicted octanol–water partition coefficient (Wildman–Crippen LogP) is -0.646. The van der Waals surface area contributed by atoms with Crippen LogP contribution in [-0.4, -0.2) is 34.8 Å². The van der Waals surface area contributed by atoms with Gasteiger partial charge in [0, 0.05) is 32.4 Å². The van der Waals surface area contributed by atoms with Gasteiger partial charge in [0.25, 0.3) is 0 Å². The molecule has 0 aromatic carbocycles. The molecule has 0 aliphatic heterocycles. The molecule has 3 amide bonds. The number of amides is 3. The van der Waals surface area contributed by atoms with Crippen LogP contribution >= 0.6 is 0 Å². The summed E-state index contributed by atoms with van der Waals surface area (Å²) in [6.45, 7) is 2.21. The van der Waals surface area contributed by atoms with Crippen LogP contribution in [0.3, 0.4) is 0 Å². The van der Waals surface area contributed by atoms with Crippen LogP contribution in [0.15, 0.2) is 12.4 Å². The maximum atomic E-state index is 11.5. The molecule has 0 saturated heterocycles. The summed E-state index contributed by atoms with van der Waals surface area (Å²) in [5.41, 5.74) is 0.979. The third kappa shape index (κ3) is 4.23. The topological polar surface area (TPSA) is 88.1 Å². The minimum atomic E-state index is -0.509. The van der Waals surface area contributed by atoms with E-state index >= 15 is 0 Å². The highest BCUT2D eigenvalue weighted by Gasteiger charge is 2.14. The van der Waals surface area contributed by atoms with E-state index < -0.39 is 12.1 Å². The highest BCUT2D eigenvalue weighted by atomic mass is 16.2. The molecule has 0 fully saturated rings. The molecule has 0 radical (unpaired) electrons. The summed E-state index contributed by atoms with van der Waals surface area (Å²) in [5, 5.41) is 11.5. The third-order valence-corrected chi connectivity index (χ3v) is 2.23. The number of nitrogens with one attached hydrogen (secondary N) is 3. The van der Waals surface area contributed by atoms with Crippen LogP contribution in [0.2, 0.25) is 0 Å². The first-order valence-electron chi connectivity index (χ1n) is 5.26. The van der Waals surface area contributed by atoms with E-state index in [2.05, 4.69) is 21.0 Å². The average molecular weight is 239 g/mol. The Labute approximate surface area is 99.6 Å². The maximum Gasteiger partial charge on any atom is 0.321 e. The lowest BCUT2D eigenvalue weighted by molar-refractivity contribution is -0.121. The summed E-state index contributed by atoms with van der Waals surface area (Å²) >= 11 is 0. The van der Waals surface area contributed by atoms with Gasteiger partial charge in [-0.05, 0) is 6.92 Å². The Bertz CT molecular complexity index is 401. The lowest BCUT2D eigenvalue weighted by Gasteiger charge is -2.12. The van der Waals surface area contributed by atoms with E-state index in [1.807, 2.05) is 13.2 Å². The van der Waals surface area contributed by atoms with Gasteiger partial charge in [-0.1, -0.05) is 0 Å². The van der Waals surface area contributed by atoms with Crippen molar-refractivity contribution >= 4 is 11.9 Å². The van der Waals surface area contributed by atoms with Crippen molar-refractivity contribution in [1.82, 2.24) is 25.7 Å². The van der Waals surface area contributed by atoms with Crippen molar-refractivity contribution in [3.8, 4) is 0 Å². The minimum absolute atomic E-state index is 0.367. The number of rotatable bonds is 4. The van der Waals surface area contributed by atoms with E-state index in [9.17, 15) is 9.59 Å². The van der Waals surface area contributed by atoms with Crippen LogP contribution in [0, 0.1) is 0 Å². The Morgan fingerprint density at radius 3 is 2.76 bits per heavy atom. The van der Waals surface area contributed by atoms with E-state index in [0.717, 1.165) is 5.56 Å². The van der Waals surface area contributed by atoms with Gasteiger partial charge in [-0.2, -0.15) is 5.10 Å². The first kappa shape index (κ1) is 13.2. The lowest BCUT2D eigenvalue weighted by atomic mass is 10.3. The second-order valence-electron chi connectivity index (χ2n) is 3.69. The fourth-order valence-electron chi connectivity index (χ4n) is 1.21. The van der Waals surface area contributed by atoms with Crippen molar-refractivity contribution in [3.63, 3.8) is 0 Å². The number of carbonyl (C=O) groups is 2. The van der Waals surface area contributed by atoms with E-state index in [0.29, 0.717) is 6.54 Å². The fourth-order valence-corrected chi connectivity index (χ4v) is 1.21. The van der Waals surface area contributed by atoms with Crippen LogP contribution in [0.1, 0.15) is 12.5 Å². The van der Waals surface area contributed by atoms with E-state index in [1.54, 1.807) is 17.8 Å². The molecule has 7 heteroatoms. The molecule has 0 saturated carbocycles. The predicted molar refractivity (Wildman–Crippen MR) is 62.1 cm³/mol. The molecule has 17 heavy (non-hydrogen) atoms. The van der Waals surface area contributed by atoms with Gasteiger partial charge < -0.3 is 10.6 Å². The summed E-state index contributed by atoms with van der Waals surface area (Å²) in [6, 6.07) is -0.961. The number of nitrogens with zero attached hydrogens (tertiary/aromatic N) is 2. The Morgan fingerprint density at radius 1 is 1.53 bits per heavy atom. The zero-order valence-corrected chi connectivity index (χ0v) is 10.2. The summed E-state index contributed by atoms with van der Waals surface area (Å²) in [7, 11) is 3.28. The smallest absolute Gasteiger partial charge is 0.321 e. The molecule has 1 aromatic rings. The number of aromatic nitrogens is 2. The Balaban J connectivity index is 2.36. The summed E-state index contributed by atoms with van der Waals surface area (Å²) in [5.74, 6) is -0.367. The van der Waals surface area contributed by atoms with Crippen molar-refractivity contribution < 1.29 is 9.59 Å². The van der Waals surface area contributed by atoms with Gasteiger partial charge in [-0.25, -0.2) is 4.79 Å². The van der Waals surface area contributed by atoms with Crippen LogP contribution in [0.5, 0.6) is 0 Å². The van der Waals surface area contributed by atoms with Crippen molar-refractivity contribution in [1.29, 1.82) is 0 Å². The van der Waals surface area contributed by atoms with Crippen molar-refractivity contribution in [3.05, 3.63) is 18.0 Å². The number of imide groups is 1. The monoisotopic (exact) mass is 239 g/mol. The quantitative estimate of drug-likeness (QED) is 0.651. The Kier molecular flexibility index (Phi) is 4.65. The molecule has 7 nitrogen and oxygen atoms in total. The zero-order chi connectivity index (χ0) is 12.8. The van der Waals surface area contributed by atoms with Gasteiger partial charge in [0.15, 0.2) is 0 Å². The van der Waals surface area contributed by atoms with E-state index in [4.69, 9.17) is 0 Å². The normalized spacial score (nSPS) is 11.9.